The van der Waals surface area contributed by atoms with E-state index >= 15 is 0 Å². The van der Waals surface area contributed by atoms with Gasteiger partial charge in [-0.2, -0.15) is 4.98 Å². The van der Waals surface area contributed by atoms with Crippen LogP contribution in [0.4, 0.5) is 4.79 Å². The van der Waals surface area contributed by atoms with Crippen molar-refractivity contribution in [2.75, 3.05) is 19.7 Å². The van der Waals surface area contributed by atoms with Crippen LogP contribution < -0.4 is 5.32 Å². The molecule has 0 bridgehead atoms. The third-order valence-electron chi connectivity index (χ3n) is 3.54. The Morgan fingerprint density at radius 1 is 1.55 bits per heavy atom. The Kier molecular flexibility index (Phi) is 5.34. The number of likely N-dealkylation sites (tertiary alicyclic amines) is 1. The van der Waals surface area contributed by atoms with Gasteiger partial charge in [-0.15, -0.1) is 0 Å². The number of aromatic nitrogens is 2. The molecule has 1 fully saturated rings. The lowest BCUT2D eigenvalue weighted by atomic mass is 10.0. The van der Waals surface area contributed by atoms with Crippen LogP contribution in [0.15, 0.2) is 4.52 Å². The quantitative estimate of drug-likeness (QED) is 0.836. The summed E-state index contributed by atoms with van der Waals surface area (Å²) in [5, 5.41) is 15.6. The SMILES string of the molecule is Cc1noc(CCNC(=O)N2CCCCC2CCO)n1. The van der Waals surface area contributed by atoms with Crippen molar-refractivity contribution in [1.82, 2.24) is 20.4 Å². The molecule has 0 radical (unpaired) electrons. The molecule has 0 saturated carbocycles. The van der Waals surface area contributed by atoms with Gasteiger partial charge in [-0.05, 0) is 32.6 Å². The van der Waals surface area contributed by atoms with Crippen molar-refractivity contribution < 1.29 is 14.4 Å². The molecule has 20 heavy (non-hydrogen) atoms. The van der Waals surface area contributed by atoms with Gasteiger partial charge < -0.3 is 19.8 Å². The Morgan fingerprint density at radius 3 is 3.10 bits per heavy atom. The lowest BCUT2D eigenvalue weighted by Gasteiger charge is -2.35. The predicted molar refractivity (Wildman–Crippen MR) is 72.2 cm³/mol. The van der Waals surface area contributed by atoms with Gasteiger partial charge in [0.15, 0.2) is 5.82 Å². The van der Waals surface area contributed by atoms with E-state index in [0.29, 0.717) is 31.1 Å². The maximum Gasteiger partial charge on any atom is 0.317 e. The molecule has 2 amide bonds. The normalized spacial score (nSPS) is 19.1. The summed E-state index contributed by atoms with van der Waals surface area (Å²) < 4.78 is 4.99. The zero-order chi connectivity index (χ0) is 14.4. The van der Waals surface area contributed by atoms with Crippen molar-refractivity contribution in [2.24, 2.45) is 0 Å². The number of piperidine rings is 1. The number of aryl methyl sites for hydroxylation is 1. The third-order valence-corrected chi connectivity index (χ3v) is 3.54. The Bertz CT molecular complexity index is 433. The predicted octanol–water partition coefficient (Wildman–Crippen LogP) is 0.867. The number of rotatable bonds is 5. The van der Waals surface area contributed by atoms with E-state index in [1.165, 1.54) is 0 Å². The second-order valence-electron chi connectivity index (χ2n) is 5.07. The molecule has 0 aliphatic carbocycles. The number of aliphatic hydroxyl groups excluding tert-OH is 1. The van der Waals surface area contributed by atoms with Crippen molar-refractivity contribution in [3.63, 3.8) is 0 Å². The monoisotopic (exact) mass is 282 g/mol. The minimum Gasteiger partial charge on any atom is -0.396 e. The van der Waals surface area contributed by atoms with E-state index in [9.17, 15) is 4.79 Å². The highest BCUT2D eigenvalue weighted by molar-refractivity contribution is 5.74. The maximum absolute atomic E-state index is 12.1. The Labute approximate surface area is 118 Å². The summed E-state index contributed by atoms with van der Waals surface area (Å²) in [5.41, 5.74) is 0. The van der Waals surface area contributed by atoms with Crippen LogP contribution in [0, 0.1) is 6.92 Å². The van der Waals surface area contributed by atoms with Crippen LogP contribution in [0.25, 0.3) is 0 Å². The number of nitrogens with one attached hydrogen (secondary N) is 1. The van der Waals surface area contributed by atoms with E-state index in [0.717, 1.165) is 25.8 Å². The van der Waals surface area contributed by atoms with E-state index < -0.39 is 0 Å². The van der Waals surface area contributed by atoms with Crippen molar-refractivity contribution in [2.45, 2.75) is 45.1 Å². The highest BCUT2D eigenvalue weighted by Gasteiger charge is 2.25. The second-order valence-corrected chi connectivity index (χ2v) is 5.07. The molecule has 1 aliphatic rings. The van der Waals surface area contributed by atoms with Crippen molar-refractivity contribution >= 4 is 6.03 Å². The maximum atomic E-state index is 12.1. The van der Waals surface area contributed by atoms with Gasteiger partial charge >= 0.3 is 6.03 Å². The Balaban J connectivity index is 1.77. The first kappa shape index (κ1) is 14.8. The number of aliphatic hydroxyl groups is 1. The van der Waals surface area contributed by atoms with E-state index in [1.54, 1.807) is 6.92 Å². The topological polar surface area (TPSA) is 91.5 Å². The summed E-state index contributed by atoms with van der Waals surface area (Å²) >= 11 is 0. The number of nitrogens with zero attached hydrogens (tertiary/aromatic N) is 3. The van der Waals surface area contributed by atoms with Gasteiger partial charge in [-0.25, -0.2) is 4.79 Å². The second kappa shape index (κ2) is 7.23. The molecule has 1 saturated heterocycles. The first-order valence-corrected chi connectivity index (χ1v) is 7.15. The molecule has 1 aromatic heterocycles. The van der Waals surface area contributed by atoms with Gasteiger partial charge in [0, 0.05) is 32.2 Å². The van der Waals surface area contributed by atoms with Crippen LogP contribution in [-0.4, -0.2) is 51.9 Å². The molecule has 1 aliphatic heterocycles. The lowest BCUT2D eigenvalue weighted by Crippen LogP contribution is -2.49. The summed E-state index contributed by atoms with van der Waals surface area (Å²) in [7, 11) is 0. The molecule has 7 nitrogen and oxygen atoms in total. The van der Waals surface area contributed by atoms with Gasteiger partial charge in [0.1, 0.15) is 0 Å². The van der Waals surface area contributed by atoms with Gasteiger partial charge in [0.05, 0.1) is 0 Å². The van der Waals surface area contributed by atoms with Crippen LogP contribution in [0.3, 0.4) is 0 Å². The van der Waals surface area contributed by atoms with Gasteiger partial charge in [0.25, 0.3) is 0 Å². The molecular formula is C13H22N4O3. The van der Waals surface area contributed by atoms with Crippen molar-refractivity contribution in [3.8, 4) is 0 Å². The summed E-state index contributed by atoms with van der Waals surface area (Å²) in [6.45, 7) is 3.12. The van der Waals surface area contributed by atoms with E-state index in [4.69, 9.17) is 9.63 Å². The van der Waals surface area contributed by atoms with Crippen LogP contribution in [0.2, 0.25) is 0 Å². The first-order valence-electron chi connectivity index (χ1n) is 7.15. The molecule has 0 spiro atoms. The minimum absolute atomic E-state index is 0.0700. The molecular weight excluding hydrogens is 260 g/mol. The number of carbonyl (C=O) groups excluding carboxylic acids is 1. The standard InChI is InChI=1S/C13H22N4O3/c1-10-15-12(20-16-10)5-7-14-13(19)17-8-3-2-4-11(17)6-9-18/h11,18H,2-9H2,1H3,(H,14,19). The first-order chi connectivity index (χ1) is 9.70. The number of hydrogen-bond donors (Lipinski definition) is 2. The van der Waals surface area contributed by atoms with Gasteiger partial charge in [0.2, 0.25) is 5.89 Å². The lowest BCUT2D eigenvalue weighted by molar-refractivity contribution is 0.132. The fraction of sp³-hybridized carbons (Fsp3) is 0.769. The average molecular weight is 282 g/mol. The largest absolute Gasteiger partial charge is 0.396 e. The van der Waals surface area contributed by atoms with Gasteiger partial charge in [-0.1, -0.05) is 5.16 Å². The minimum atomic E-state index is -0.0700. The molecule has 2 rings (SSSR count). The third kappa shape index (κ3) is 3.93. The molecule has 2 heterocycles. The van der Waals surface area contributed by atoms with E-state index in [-0.39, 0.29) is 18.7 Å². The van der Waals surface area contributed by atoms with Crippen LogP contribution in [0.5, 0.6) is 0 Å². The summed E-state index contributed by atoms with van der Waals surface area (Å²) in [6, 6.07) is 0.0822. The van der Waals surface area contributed by atoms with E-state index in [1.807, 2.05) is 4.90 Å². The van der Waals surface area contributed by atoms with Crippen molar-refractivity contribution in [3.05, 3.63) is 11.7 Å². The Morgan fingerprint density at radius 2 is 2.40 bits per heavy atom. The molecule has 0 aromatic carbocycles. The molecule has 1 atom stereocenters. The van der Waals surface area contributed by atoms with E-state index in [2.05, 4.69) is 15.5 Å². The van der Waals surface area contributed by atoms with Crippen LogP contribution >= 0.6 is 0 Å². The molecule has 7 heteroatoms. The van der Waals surface area contributed by atoms with Crippen LogP contribution in [0.1, 0.15) is 37.4 Å². The fourth-order valence-electron chi connectivity index (χ4n) is 2.54. The van der Waals surface area contributed by atoms with Crippen molar-refractivity contribution in [1.29, 1.82) is 0 Å². The number of amides is 2. The fourth-order valence-corrected chi connectivity index (χ4v) is 2.54. The molecule has 2 N–H and O–H groups in total. The molecule has 1 unspecified atom stereocenters. The smallest absolute Gasteiger partial charge is 0.317 e. The average Bonchev–Trinajstić information content (AvgIpc) is 2.85. The highest BCUT2D eigenvalue weighted by atomic mass is 16.5. The number of hydrogen-bond acceptors (Lipinski definition) is 5. The summed E-state index contributed by atoms with van der Waals surface area (Å²) in [4.78, 5) is 18.1. The van der Waals surface area contributed by atoms with Gasteiger partial charge in [-0.3, -0.25) is 0 Å². The molecule has 1 aromatic rings. The zero-order valence-corrected chi connectivity index (χ0v) is 11.8. The highest BCUT2D eigenvalue weighted by Crippen LogP contribution is 2.19. The van der Waals surface area contributed by atoms with Crippen LogP contribution in [-0.2, 0) is 6.42 Å². The summed E-state index contributed by atoms with van der Waals surface area (Å²) in [5.74, 6) is 1.14. The zero-order valence-electron chi connectivity index (χ0n) is 11.8. The Hall–Kier alpha value is -1.63. The molecule has 112 valence electrons. The number of urea groups is 1. The summed E-state index contributed by atoms with van der Waals surface area (Å²) in [6.07, 6.45) is 4.30. The number of carbonyl (C=O) groups is 1.